The number of carbonyl (C=O) groups excluding carboxylic acids is 1. The number of amides is 1. The molecule has 1 amide bonds. The normalized spacial score (nSPS) is 10.9. The summed E-state index contributed by atoms with van der Waals surface area (Å²) in [7, 11) is 0. The Morgan fingerprint density at radius 2 is 1.17 bits per heavy atom. The molecule has 0 unspecified atom stereocenters. The van der Waals surface area contributed by atoms with Crippen LogP contribution in [0.5, 0.6) is 0 Å². The van der Waals surface area contributed by atoms with E-state index in [0.717, 1.165) is 32.4 Å². The number of nitrogens with one attached hydrogen (secondary N) is 1. The molecule has 0 aromatic rings. The summed E-state index contributed by atoms with van der Waals surface area (Å²) in [6.07, 6.45) is 19.9. The highest BCUT2D eigenvalue weighted by atomic mass is 16.1. The maximum Gasteiger partial charge on any atom is 0.219 e. The van der Waals surface area contributed by atoms with Gasteiger partial charge in [-0.2, -0.15) is 0 Å². The quantitative estimate of drug-likeness (QED) is 0.335. The summed E-state index contributed by atoms with van der Waals surface area (Å²) in [5.41, 5.74) is 5.45. The molecule has 0 saturated carbocycles. The second-order valence-electron chi connectivity index (χ2n) is 6.84. The average Bonchev–Trinajstić information content (AvgIpc) is 2.56. The molecule has 0 bridgehead atoms. The van der Waals surface area contributed by atoms with E-state index in [1.165, 1.54) is 77.0 Å². The van der Waals surface area contributed by atoms with Crippen LogP contribution in [-0.4, -0.2) is 19.0 Å². The van der Waals surface area contributed by atoms with Gasteiger partial charge < -0.3 is 11.1 Å². The topological polar surface area (TPSA) is 55.1 Å². The fraction of sp³-hybridized carbons (Fsp3) is 0.950. The van der Waals surface area contributed by atoms with E-state index in [1.54, 1.807) is 0 Å². The number of hydrogen-bond donors (Lipinski definition) is 2. The van der Waals surface area contributed by atoms with Crippen LogP contribution >= 0.6 is 0 Å². The minimum atomic E-state index is 0.236. The van der Waals surface area contributed by atoms with Gasteiger partial charge in [-0.05, 0) is 25.8 Å². The molecule has 3 heteroatoms. The summed E-state index contributed by atoms with van der Waals surface area (Å²) in [4.78, 5) is 11.7. The molecule has 3 nitrogen and oxygen atoms in total. The Hall–Kier alpha value is -0.570. The van der Waals surface area contributed by atoms with Crippen LogP contribution in [0.2, 0.25) is 0 Å². The highest BCUT2D eigenvalue weighted by Crippen LogP contribution is 2.11. The van der Waals surface area contributed by atoms with Gasteiger partial charge in [0.05, 0.1) is 0 Å². The van der Waals surface area contributed by atoms with Crippen molar-refractivity contribution in [3.8, 4) is 0 Å². The van der Waals surface area contributed by atoms with Gasteiger partial charge in [-0.15, -0.1) is 0 Å². The summed E-state index contributed by atoms with van der Waals surface area (Å²) in [6.45, 7) is 3.89. The molecule has 0 rings (SSSR count). The minimum Gasteiger partial charge on any atom is -0.356 e. The van der Waals surface area contributed by atoms with Crippen molar-refractivity contribution in [3.63, 3.8) is 0 Å². The molecule has 0 heterocycles. The molecule has 0 aromatic carbocycles. The predicted molar refractivity (Wildman–Crippen MR) is 102 cm³/mol. The monoisotopic (exact) mass is 326 g/mol. The first-order valence-electron chi connectivity index (χ1n) is 10.3. The van der Waals surface area contributed by atoms with Crippen molar-refractivity contribution in [3.05, 3.63) is 0 Å². The van der Waals surface area contributed by atoms with E-state index in [-0.39, 0.29) is 5.91 Å². The maximum absolute atomic E-state index is 11.7. The number of rotatable bonds is 18. The van der Waals surface area contributed by atoms with Crippen LogP contribution in [0.25, 0.3) is 0 Å². The summed E-state index contributed by atoms with van der Waals surface area (Å²) in [5, 5.41) is 3.02. The fourth-order valence-corrected chi connectivity index (χ4v) is 2.89. The zero-order chi connectivity index (χ0) is 17.0. The van der Waals surface area contributed by atoms with E-state index in [0.29, 0.717) is 6.42 Å². The molecule has 138 valence electrons. The maximum atomic E-state index is 11.7. The van der Waals surface area contributed by atoms with Crippen LogP contribution in [0.15, 0.2) is 0 Å². The van der Waals surface area contributed by atoms with Crippen molar-refractivity contribution >= 4 is 5.91 Å². The first kappa shape index (κ1) is 22.4. The van der Waals surface area contributed by atoms with Gasteiger partial charge >= 0.3 is 0 Å². The largest absolute Gasteiger partial charge is 0.356 e. The fourth-order valence-electron chi connectivity index (χ4n) is 2.89. The number of hydrogen-bond acceptors (Lipinski definition) is 2. The SMILES string of the molecule is CCCCCCCCCCCCCC(=O)NCCCCCCN. The molecule has 0 fully saturated rings. The van der Waals surface area contributed by atoms with Gasteiger partial charge in [-0.1, -0.05) is 84.0 Å². The molecule has 0 saturated heterocycles. The van der Waals surface area contributed by atoms with Crippen molar-refractivity contribution in [1.82, 2.24) is 5.32 Å². The highest BCUT2D eigenvalue weighted by molar-refractivity contribution is 5.75. The first-order valence-corrected chi connectivity index (χ1v) is 10.3. The lowest BCUT2D eigenvalue weighted by molar-refractivity contribution is -0.121. The standard InChI is InChI=1S/C20H42N2O/c1-2-3-4-5-6-7-8-9-10-11-14-17-20(23)22-19-16-13-12-15-18-21/h2-19,21H2,1H3,(H,22,23). The Bertz CT molecular complexity index is 244. The lowest BCUT2D eigenvalue weighted by atomic mass is 10.1. The van der Waals surface area contributed by atoms with Crippen molar-refractivity contribution < 1.29 is 4.79 Å². The summed E-state index contributed by atoms with van der Waals surface area (Å²) < 4.78 is 0. The molecule has 0 atom stereocenters. The Balaban J connectivity index is 3.11. The number of nitrogens with two attached hydrogens (primary N) is 1. The van der Waals surface area contributed by atoms with E-state index >= 15 is 0 Å². The van der Waals surface area contributed by atoms with Crippen LogP contribution < -0.4 is 11.1 Å². The van der Waals surface area contributed by atoms with Gasteiger partial charge in [-0.25, -0.2) is 0 Å². The van der Waals surface area contributed by atoms with Crippen LogP contribution in [0.3, 0.4) is 0 Å². The van der Waals surface area contributed by atoms with E-state index in [9.17, 15) is 4.79 Å². The Kier molecular flexibility index (Phi) is 19.0. The minimum absolute atomic E-state index is 0.236. The van der Waals surface area contributed by atoms with Crippen molar-refractivity contribution in [2.45, 2.75) is 110 Å². The molecule has 0 aromatic heterocycles. The third-order valence-corrected chi connectivity index (χ3v) is 4.46. The summed E-state index contributed by atoms with van der Waals surface area (Å²) in [6, 6.07) is 0. The van der Waals surface area contributed by atoms with Gasteiger partial charge in [0.25, 0.3) is 0 Å². The molecular weight excluding hydrogens is 284 g/mol. The zero-order valence-electron chi connectivity index (χ0n) is 15.7. The third-order valence-electron chi connectivity index (χ3n) is 4.46. The summed E-state index contributed by atoms with van der Waals surface area (Å²) in [5.74, 6) is 0.236. The Morgan fingerprint density at radius 3 is 1.74 bits per heavy atom. The smallest absolute Gasteiger partial charge is 0.219 e. The molecule has 0 aliphatic rings. The van der Waals surface area contributed by atoms with Crippen molar-refractivity contribution in [2.24, 2.45) is 5.73 Å². The van der Waals surface area contributed by atoms with Crippen molar-refractivity contribution in [2.75, 3.05) is 13.1 Å². The van der Waals surface area contributed by atoms with E-state index < -0.39 is 0 Å². The van der Waals surface area contributed by atoms with Crippen LogP contribution in [0, 0.1) is 0 Å². The molecule has 0 radical (unpaired) electrons. The zero-order valence-corrected chi connectivity index (χ0v) is 15.7. The molecule has 0 aliphatic heterocycles. The van der Waals surface area contributed by atoms with Gasteiger partial charge in [-0.3, -0.25) is 4.79 Å². The van der Waals surface area contributed by atoms with Gasteiger partial charge in [0.15, 0.2) is 0 Å². The molecule has 0 aliphatic carbocycles. The van der Waals surface area contributed by atoms with Crippen LogP contribution in [-0.2, 0) is 4.79 Å². The second kappa shape index (κ2) is 19.5. The lowest BCUT2D eigenvalue weighted by Crippen LogP contribution is -2.23. The van der Waals surface area contributed by atoms with E-state index in [2.05, 4.69) is 12.2 Å². The molecular formula is C20H42N2O. The van der Waals surface area contributed by atoms with Gasteiger partial charge in [0.2, 0.25) is 5.91 Å². The van der Waals surface area contributed by atoms with Crippen molar-refractivity contribution in [1.29, 1.82) is 0 Å². The van der Waals surface area contributed by atoms with E-state index in [4.69, 9.17) is 5.73 Å². The number of unbranched alkanes of at least 4 members (excludes halogenated alkanes) is 13. The number of carbonyl (C=O) groups is 1. The van der Waals surface area contributed by atoms with Crippen LogP contribution in [0.1, 0.15) is 110 Å². The summed E-state index contributed by atoms with van der Waals surface area (Å²) >= 11 is 0. The third kappa shape index (κ3) is 19.4. The Morgan fingerprint density at radius 1 is 0.696 bits per heavy atom. The van der Waals surface area contributed by atoms with Crippen LogP contribution in [0.4, 0.5) is 0 Å². The molecule has 23 heavy (non-hydrogen) atoms. The Labute approximate surface area is 145 Å². The van der Waals surface area contributed by atoms with Gasteiger partial charge in [0.1, 0.15) is 0 Å². The second-order valence-corrected chi connectivity index (χ2v) is 6.84. The lowest BCUT2D eigenvalue weighted by Gasteiger charge is -2.05. The molecule has 0 spiro atoms. The highest BCUT2D eigenvalue weighted by Gasteiger charge is 2.00. The van der Waals surface area contributed by atoms with Gasteiger partial charge in [0, 0.05) is 13.0 Å². The first-order chi connectivity index (χ1) is 11.3. The molecule has 3 N–H and O–H groups in total. The van der Waals surface area contributed by atoms with E-state index in [1.807, 2.05) is 0 Å². The average molecular weight is 327 g/mol. The predicted octanol–water partition coefficient (Wildman–Crippen LogP) is 5.32.